The van der Waals surface area contributed by atoms with Gasteiger partial charge in [0.05, 0.1) is 12.1 Å². The van der Waals surface area contributed by atoms with E-state index in [0.29, 0.717) is 6.04 Å². The Kier molecular flexibility index (Phi) is 5.89. The van der Waals surface area contributed by atoms with Gasteiger partial charge in [-0.15, -0.1) is 0 Å². The first-order chi connectivity index (χ1) is 11.7. The molecule has 2 N–H and O–H groups in total. The highest BCUT2D eigenvalue weighted by molar-refractivity contribution is 5.48. The zero-order valence-corrected chi connectivity index (χ0v) is 14.5. The van der Waals surface area contributed by atoms with Gasteiger partial charge in [-0.3, -0.25) is 4.90 Å². The highest BCUT2D eigenvalue weighted by Crippen LogP contribution is 2.23. The molecule has 0 aromatic heterocycles. The number of hydrogen-bond donors (Lipinski definition) is 2. The molecule has 1 heterocycles. The van der Waals surface area contributed by atoms with Crippen LogP contribution in [0.2, 0.25) is 0 Å². The Morgan fingerprint density at radius 1 is 1.08 bits per heavy atom. The first-order valence-corrected chi connectivity index (χ1v) is 9.05. The fourth-order valence-corrected chi connectivity index (χ4v) is 3.40. The van der Waals surface area contributed by atoms with Crippen molar-refractivity contribution in [3.05, 3.63) is 65.7 Å². The van der Waals surface area contributed by atoms with Crippen LogP contribution >= 0.6 is 0 Å². The average molecular weight is 324 g/mol. The van der Waals surface area contributed by atoms with E-state index in [1.807, 2.05) is 0 Å². The lowest BCUT2D eigenvalue weighted by Crippen LogP contribution is -2.35. The molecule has 1 saturated heterocycles. The van der Waals surface area contributed by atoms with Crippen LogP contribution in [-0.2, 0) is 6.54 Å². The van der Waals surface area contributed by atoms with Gasteiger partial charge in [0, 0.05) is 25.3 Å². The summed E-state index contributed by atoms with van der Waals surface area (Å²) in [7, 11) is 0. The molecule has 0 aliphatic carbocycles. The van der Waals surface area contributed by atoms with Gasteiger partial charge < -0.3 is 10.4 Å². The predicted octanol–water partition coefficient (Wildman–Crippen LogP) is 4.21. The molecule has 2 aromatic rings. The minimum atomic E-state index is -0.106. The number of nitrogens with one attached hydrogen (secondary N) is 1. The van der Waals surface area contributed by atoms with Crippen LogP contribution in [0.25, 0.3) is 0 Å². The van der Waals surface area contributed by atoms with Crippen LogP contribution in [0.4, 0.5) is 5.69 Å². The summed E-state index contributed by atoms with van der Waals surface area (Å²) >= 11 is 0. The van der Waals surface area contributed by atoms with Crippen molar-refractivity contribution in [2.45, 2.75) is 44.9 Å². The summed E-state index contributed by atoms with van der Waals surface area (Å²) in [6, 6.07) is 19.7. The van der Waals surface area contributed by atoms with Crippen LogP contribution in [0.1, 0.15) is 43.4 Å². The highest BCUT2D eigenvalue weighted by Gasteiger charge is 2.17. The van der Waals surface area contributed by atoms with Crippen LogP contribution in [0.3, 0.4) is 0 Å². The molecule has 1 atom stereocenters. The monoisotopic (exact) mass is 324 g/mol. The molecular formula is C21H28N2O. The minimum Gasteiger partial charge on any atom is -0.393 e. The smallest absolute Gasteiger partial charge is 0.0564 e. The largest absolute Gasteiger partial charge is 0.393 e. The lowest BCUT2D eigenvalue weighted by molar-refractivity contribution is 0.0792. The molecule has 1 fully saturated rings. The van der Waals surface area contributed by atoms with Crippen LogP contribution in [0.5, 0.6) is 0 Å². The van der Waals surface area contributed by atoms with Crippen molar-refractivity contribution in [1.82, 2.24) is 4.90 Å². The van der Waals surface area contributed by atoms with Crippen molar-refractivity contribution < 1.29 is 5.11 Å². The molecule has 0 spiro atoms. The zero-order valence-electron chi connectivity index (χ0n) is 14.5. The molecule has 3 nitrogen and oxygen atoms in total. The van der Waals surface area contributed by atoms with E-state index < -0.39 is 0 Å². The molecule has 2 aromatic carbocycles. The first kappa shape index (κ1) is 17.0. The van der Waals surface area contributed by atoms with Gasteiger partial charge in [0.25, 0.3) is 0 Å². The second kappa shape index (κ2) is 8.32. The Hall–Kier alpha value is -1.84. The Balaban J connectivity index is 1.64. The van der Waals surface area contributed by atoms with Gasteiger partial charge >= 0.3 is 0 Å². The van der Waals surface area contributed by atoms with E-state index in [-0.39, 0.29) is 6.10 Å². The van der Waals surface area contributed by atoms with Gasteiger partial charge in [0.15, 0.2) is 0 Å². The topological polar surface area (TPSA) is 35.5 Å². The maximum Gasteiger partial charge on any atom is 0.0564 e. The number of aliphatic hydroxyl groups is 1. The summed E-state index contributed by atoms with van der Waals surface area (Å²) in [6.07, 6.45) is 2.73. The quantitative estimate of drug-likeness (QED) is 0.835. The zero-order chi connectivity index (χ0) is 16.8. The minimum absolute atomic E-state index is 0.106. The summed E-state index contributed by atoms with van der Waals surface area (Å²) in [6.45, 7) is 5.15. The first-order valence-electron chi connectivity index (χ1n) is 9.05. The predicted molar refractivity (Wildman–Crippen MR) is 100 cm³/mol. The summed E-state index contributed by atoms with van der Waals surface area (Å²) in [4.78, 5) is 2.43. The number of aliphatic hydroxyl groups excluding tert-OH is 1. The SMILES string of the molecule is CCC(Nc1cccc(CN2CCC(O)CC2)c1)c1ccccc1. The molecule has 0 radical (unpaired) electrons. The molecule has 128 valence electrons. The molecule has 1 aliphatic heterocycles. The number of anilines is 1. The average Bonchev–Trinajstić information content (AvgIpc) is 2.63. The van der Waals surface area contributed by atoms with Crippen molar-refractivity contribution in [1.29, 1.82) is 0 Å². The van der Waals surface area contributed by atoms with Crippen molar-refractivity contribution >= 4 is 5.69 Å². The molecule has 1 aliphatic rings. The fraction of sp³-hybridized carbons (Fsp3) is 0.429. The van der Waals surface area contributed by atoms with Crippen LogP contribution in [0.15, 0.2) is 54.6 Å². The maximum absolute atomic E-state index is 9.63. The standard InChI is InChI=1S/C21H28N2O/c1-2-21(18-8-4-3-5-9-18)22-19-10-6-7-17(15-19)16-23-13-11-20(24)12-14-23/h3-10,15,20-22,24H,2,11-14,16H2,1H3. The maximum atomic E-state index is 9.63. The van der Waals surface area contributed by atoms with Gasteiger partial charge in [-0.05, 0) is 42.5 Å². The van der Waals surface area contributed by atoms with E-state index in [1.165, 1.54) is 16.8 Å². The molecular weight excluding hydrogens is 296 g/mol. The number of nitrogens with zero attached hydrogens (tertiary/aromatic N) is 1. The molecule has 0 bridgehead atoms. The lowest BCUT2D eigenvalue weighted by atomic mass is 10.0. The second-order valence-electron chi connectivity index (χ2n) is 6.72. The second-order valence-corrected chi connectivity index (χ2v) is 6.72. The normalized spacial score (nSPS) is 17.6. The summed E-state index contributed by atoms with van der Waals surface area (Å²) in [5, 5.41) is 13.3. The van der Waals surface area contributed by atoms with E-state index in [0.717, 1.165) is 38.9 Å². The van der Waals surface area contributed by atoms with E-state index in [9.17, 15) is 5.11 Å². The molecule has 3 heteroatoms. The Labute approximate surface area is 145 Å². The summed E-state index contributed by atoms with van der Waals surface area (Å²) in [5.41, 5.74) is 3.84. The lowest BCUT2D eigenvalue weighted by Gasteiger charge is -2.29. The van der Waals surface area contributed by atoms with Gasteiger partial charge in [-0.25, -0.2) is 0 Å². The number of hydrogen-bond acceptors (Lipinski definition) is 3. The molecule has 0 amide bonds. The van der Waals surface area contributed by atoms with Crippen molar-refractivity contribution in [2.75, 3.05) is 18.4 Å². The van der Waals surface area contributed by atoms with E-state index in [2.05, 4.69) is 71.7 Å². The molecule has 0 saturated carbocycles. The van der Waals surface area contributed by atoms with Gasteiger partial charge in [0.2, 0.25) is 0 Å². The summed E-state index contributed by atoms with van der Waals surface area (Å²) < 4.78 is 0. The van der Waals surface area contributed by atoms with Crippen LogP contribution in [-0.4, -0.2) is 29.2 Å². The highest BCUT2D eigenvalue weighted by atomic mass is 16.3. The molecule has 24 heavy (non-hydrogen) atoms. The van der Waals surface area contributed by atoms with E-state index >= 15 is 0 Å². The van der Waals surface area contributed by atoms with Crippen molar-refractivity contribution in [3.8, 4) is 0 Å². The number of piperidine rings is 1. The van der Waals surface area contributed by atoms with Crippen LogP contribution in [0, 0.1) is 0 Å². The molecule has 1 unspecified atom stereocenters. The third-order valence-electron chi connectivity index (χ3n) is 4.84. The Bertz CT molecular complexity index is 621. The number of rotatable bonds is 6. The molecule has 3 rings (SSSR count). The van der Waals surface area contributed by atoms with Gasteiger partial charge in [-0.1, -0.05) is 49.4 Å². The Morgan fingerprint density at radius 3 is 2.54 bits per heavy atom. The van der Waals surface area contributed by atoms with Crippen LogP contribution < -0.4 is 5.32 Å². The van der Waals surface area contributed by atoms with E-state index in [1.54, 1.807) is 0 Å². The number of likely N-dealkylation sites (tertiary alicyclic amines) is 1. The van der Waals surface area contributed by atoms with Gasteiger partial charge in [0.1, 0.15) is 0 Å². The van der Waals surface area contributed by atoms with Crippen molar-refractivity contribution in [3.63, 3.8) is 0 Å². The van der Waals surface area contributed by atoms with Gasteiger partial charge in [-0.2, -0.15) is 0 Å². The third-order valence-corrected chi connectivity index (χ3v) is 4.84. The van der Waals surface area contributed by atoms with Crippen molar-refractivity contribution in [2.24, 2.45) is 0 Å². The summed E-state index contributed by atoms with van der Waals surface area (Å²) in [5.74, 6) is 0. The third kappa shape index (κ3) is 4.59. The Morgan fingerprint density at radius 2 is 1.83 bits per heavy atom. The van der Waals surface area contributed by atoms with E-state index in [4.69, 9.17) is 0 Å². The fourth-order valence-electron chi connectivity index (χ4n) is 3.40. The number of benzene rings is 2.